The van der Waals surface area contributed by atoms with Crippen molar-refractivity contribution >= 4 is 11.3 Å². The van der Waals surface area contributed by atoms with Crippen LogP contribution in [-0.2, 0) is 0 Å². The lowest BCUT2D eigenvalue weighted by Crippen LogP contribution is -2.38. The summed E-state index contributed by atoms with van der Waals surface area (Å²) >= 11 is 0. The smallest absolute Gasteiger partial charge is 0.257 e. The first-order valence-electron chi connectivity index (χ1n) is 12.1. The van der Waals surface area contributed by atoms with Gasteiger partial charge in [-0.1, -0.05) is 6.07 Å². The number of fused-ring (bicyclic) bond motifs is 1. The molecule has 190 valence electrons. The van der Waals surface area contributed by atoms with E-state index in [1.165, 1.54) is 12.3 Å². The summed E-state index contributed by atoms with van der Waals surface area (Å²) in [6, 6.07) is 13.0. The van der Waals surface area contributed by atoms with Crippen LogP contribution in [0.1, 0.15) is 32.3 Å². The maximum absolute atomic E-state index is 15.1. The van der Waals surface area contributed by atoms with Crippen molar-refractivity contribution in [3.63, 3.8) is 0 Å². The van der Waals surface area contributed by atoms with Gasteiger partial charge in [0, 0.05) is 55.5 Å². The molecule has 1 aliphatic heterocycles. The average molecular weight is 503 g/mol. The molecule has 0 spiro atoms. The quantitative estimate of drug-likeness (QED) is 0.378. The maximum Gasteiger partial charge on any atom is 0.257 e. The summed E-state index contributed by atoms with van der Waals surface area (Å²) < 4.78 is 27.7. The largest absolute Gasteiger partial charge is 0.486 e. The van der Waals surface area contributed by atoms with E-state index in [1.54, 1.807) is 26.2 Å². The fourth-order valence-electron chi connectivity index (χ4n) is 4.30. The number of anilines is 1. The monoisotopic (exact) mass is 502 g/mol. The summed E-state index contributed by atoms with van der Waals surface area (Å²) in [6.07, 6.45) is 6.54. The molecule has 0 aliphatic carbocycles. The highest BCUT2D eigenvalue weighted by Crippen LogP contribution is 2.34. The lowest BCUT2D eigenvalue weighted by atomic mass is 10.0. The van der Waals surface area contributed by atoms with Gasteiger partial charge in [-0.25, -0.2) is 14.5 Å². The van der Waals surface area contributed by atoms with Gasteiger partial charge in [-0.3, -0.25) is 0 Å². The van der Waals surface area contributed by atoms with Crippen molar-refractivity contribution in [2.45, 2.75) is 38.4 Å². The molecule has 4 aromatic rings. The van der Waals surface area contributed by atoms with Crippen molar-refractivity contribution in [2.75, 3.05) is 24.6 Å². The van der Waals surface area contributed by atoms with E-state index in [4.69, 9.17) is 9.47 Å². The molecule has 0 radical (unpaired) electrons. The molecule has 10 heteroatoms. The summed E-state index contributed by atoms with van der Waals surface area (Å²) in [5, 5.41) is 23.6. The number of rotatable bonds is 7. The van der Waals surface area contributed by atoms with Gasteiger partial charge in [-0.2, -0.15) is 14.8 Å². The molecule has 1 fully saturated rings. The van der Waals surface area contributed by atoms with E-state index < -0.39 is 11.5 Å². The SMILES string of the molecule is CC(C)(O)COc1cc(-c2ccc(N3CCC(Oc4ccccn4)CC3)nc2)c2c(C#N)cnn2c1F. The summed E-state index contributed by atoms with van der Waals surface area (Å²) in [5.41, 5.74) is 0.664. The standard InChI is InChI=1S/C27H27FN6O3/c1-27(2,35)17-36-22-13-21(25-19(14-29)16-32-34(25)26(22)28)18-6-7-23(31-15-18)33-11-8-20(9-12-33)37-24-5-3-4-10-30-24/h3-7,10,13,15-16,20,35H,8-9,11-12,17H2,1-2H3. The number of pyridine rings is 3. The second-order valence-electron chi connectivity index (χ2n) is 9.62. The number of nitriles is 1. The first kappa shape index (κ1) is 24.5. The molecule has 37 heavy (non-hydrogen) atoms. The number of aromatic nitrogens is 4. The summed E-state index contributed by atoms with van der Waals surface area (Å²) in [7, 11) is 0. The van der Waals surface area contributed by atoms with Crippen LogP contribution in [0, 0.1) is 17.3 Å². The molecule has 0 aromatic carbocycles. The molecular weight excluding hydrogens is 475 g/mol. The third-order valence-electron chi connectivity index (χ3n) is 6.14. The van der Waals surface area contributed by atoms with Crippen LogP contribution >= 0.6 is 0 Å². The zero-order valence-corrected chi connectivity index (χ0v) is 20.6. The molecule has 0 unspecified atom stereocenters. The maximum atomic E-state index is 15.1. The van der Waals surface area contributed by atoms with Crippen molar-refractivity contribution in [2.24, 2.45) is 0 Å². The van der Waals surface area contributed by atoms with E-state index in [2.05, 4.69) is 26.0 Å². The minimum atomic E-state index is -1.15. The van der Waals surface area contributed by atoms with Gasteiger partial charge in [0.25, 0.3) is 5.95 Å². The van der Waals surface area contributed by atoms with Crippen LogP contribution in [0.3, 0.4) is 0 Å². The Labute approximate surface area is 213 Å². The fourth-order valence-corrected chi connectivity index (χ4v) is 4.30. The zero-order chi connectivity index (χ0) is 26.0. The Morgan fingerprint density at radius 1 is 1.16 bits per heavy atom. The van der Waals surface area contributed by atoms with Crippen LogP contribution in [0.4, 0.5) is 10.2 Å². The molecule has 1 saturated heterocycles. The van der Waals surface area contributed by atoms with Crippen molar-refractivity contribution in [1.82, 2.24) is 19.6 Å². The van der Waals surface area contributed by atoms with Gasteiger partial charge >= 0.3 is 0 Å². The second kappa shape index (κ2) is 10.0. The van der Waals surface area contributed by atoms with E-state index in [1.807, 2.05) is 30.3 Å². The number of aliphatic hydroxyl groups is 1. The highest BCUT2D eigenvalue weighted by atomic mass is 19.1. The minimum absolute atomic E-state index is 0.0729. The lowest BCUT2D eigenvalue weighted by Gasteiger charge is -2.32. The van der Waals surface area contributed by atoms with Crippen molar-refractivity contribution in [3.8, 4) is 28.8 Å². The first-order chi connectivity index (χ1) is 17.8. The summed E-state index contributed by atoms with van der Waals surface area (Å²) in [6.45, 7) is 4.62. The molecule has 0 bridgehead atoms. The van der Waals surface area contributed by atoms with Crippen LogP contribution in [0.2, 0.25) is 0 Å². The Morgan fingerprint density at radius 3 is 2.62 bits per heavy atom. The minimum Gasteiger partial charge on any atom is -0.486 e. The van der Waals surface area contributed by atoms with E-state index in [9.17, 15) is 10.4 Å². The number of hydrogen-bond donors (Lipinski definition) is 1. The Balaban J connectivity index is 1.37. The second-order valence-corrected chi connectivity index (χ2v) is 9.62. The van der Waals surface area contributed by atoms with Gasteiger partial charge in [0.05, 0.1) is 22.9 Å². The number of halogens is 1. The van der Waals surface area contributed by atoms with E-state index in [0.29, 0.717) is 22.5 Å². The molecule has 5 heterocycles. The topological polar surface area (TPSA) is 109 Å². The average Bonchev–Trinajstić information content (AvgIpc) is 3.34. The predicted molar refractivity (Wildman–Crippen MR) is 135 cm³/mol. The van der Waals surface area contributed by atoms with Gasteiger partial charge in [-0.05, 0) is 38.1 Å². The molecule has 9 nitrogen and oxygen atoms in total. The Morgan fingerprint density at radius 2 is 1.97 bits per heavy atom. The molecule has 0 saturated carbocycles. The van der Waals surface area contributed by atoms with E-state index in [0.717, 1.165) is 36.3 Å². The number of hydrogen-bond acceptors (Lipinski definition) is 8. The van der Waals surface area contributed by atoms with Crippen LogP contribution in [0.25, 0.3) is 16.6 Å². The Kier molecular flexibility index (Phi) is 6.63. The van der Waals surface area contributed by atoms with Crippen molar-refractivity contribution in [3.05, 3.63) is 66.5 Å². The number of nitrogens with zero attached hydrogens (tertiary/aromatic N) is 6. The third-order valence-corrected chi connectivity index (χ3v) is 6.14. The lowest BCUT2D eigenvalue weighted by molar-refractivity contribution is 0.0267. The number of ether oxygens (including phenoxy) is 2. The molecule has 4 aromatic heterocycles. The van der Waals surface area contributed by atoms with Crippen molar-refractivity contribution in [1.29, 1.82) is 5.26 Å². The summed E-state index contributed by atoms with van der Waals surface area (Å²) in [5.74, 6) is 0.642. The molecule has 5 rings (SSSR count). The van der Waals surface area contributed by atoms with Crippen molar-refractivity contribution < 1.29 is 19.0 Å². The van der Waals surface area contributed by atoms with Gasteiger partial charge in [0.15, 0.2) is 5.75 Å². The van der Waals surface area contributed by atoms with Gasteiger partial charge in [0.1, 0.15) is 24.6 Å². The highest BCUT2D eigenvalue weighted by Gasteiger charge is 2.24. The number of piperidine rings is 1. The normalized spacial score (nSPS) is 14.5. The van der Waals surface area contributed by atoms with Gasteiger partial charge in [0.2, 0.25) is 5.88 Å². The predicted octanol–water partition coefficient (Wildman–Crippen LogP) is 4.00. The fraction of sp³-hybridized carbons (Fsp3) is 0.333. The van der Waals surface area contributed by atoms with Gasteiger partial charge in [-0.15, -0.1) is 0 Å². The Bertz CT molecular complexity index is 1420. The highest BCUT2D eigenvalue weighted by molar-refractivity contribution is 5.85. The van der Waals surface area contributed by atoms with Crippen LogP contribution in [0.15, 0.2) is 55.0 Å². The van der Waals surface area contributed by atoms with E-state index in [-0.39, 0.29) is 24.0 Å². The molecule has 1 aliphatic rings. The van der Waals surface area contributed by atoms with Gasteiger partial charge < -0.3 is 19.5 Å². The summed E-state index contributed by atoms with van der Waals surface area (Å²) in [4.78, 5) is 11.1. The van der Waals surface area contributed by atoms with Crippen LogP contribution < -0.4 is 14.4 Å². The van der Waals surface area contributed by atoms with Crippen LogP contribution in [0.5, 0.6) is 11.6 Å². The molecule has 0 atom stereocenters. The van der Waals surface area contributed by atoms with Crippen LogP contribution in [-0.4, -0.2) is 56.1 Å². The first-order valence-corrected chi connectivity index (χ1v) is 12.1. The zero-order valence-electron chi connectivity index (χ0n) is 20.6. The molecule has 1 N–H and O–H groups in total. The Hall–Kier alpha value is -4.23. The van der Waals surface area contributed by atoms with E-state index >= 15 is 4.39 Å². The molecular formula is C27H27FN6O3. The third kappa shape index (κ3) is 5.32. The molecule has 0 amide bonds.